The summed E-state index contributed by atoms with van der Waals surface area (Å²) in [6.07, 6.45) is 1.82. The molecule has 1 atom stereocenters. The van der Waals surface area contributed by atoms with Crippen LogP contribution in [0.5, 0.6) is 0 Å². The van der Waals surface area contributed by atoms with Crippen molar-refractivity contribution in [2.45, 2.75) is 23.8 Å². The Kier molecular flexibility index (Phi) is 4.11. The number of hydrogen-bond acceptors (Lipinski definition) is 4. The maximum absolute atomic E-state index is 12.0. The molecule has 0 unspecified atom stereocenters. The van der Waals surface area contributed by atoms with Crippen LogP contribution in [0.15, 0.2) is 23.1 Å². The van der Waals surface area contributed by atoms with E-state index in [1.807, 2.05) is 0 Å². The first-order valence-electron chi connectivity index (χ1n) is 5.65. The Bertz CT molecular complexity index is 527. The molecule has 18 heavy (non-hydrogen) atoms. The normalized spacial score (nSPS) is 20.2. The van der Waals surface area contributed by atoms with E-state index in [9.17, 15) is 8.42 Å². The van der Waals surface area contributed by atoms with Gasteiger partial charge in [-0.25, -0.2) is 13.1 Å². The van der Waals surface area contributed by atoms with Gasteiger partial charge in [0.05, 0.1) is 21.7 Å². The summed E-state index contributed by atoms with van der Waals surface area (Å²) in [5, 5.41) is 0.341. The largest absolute Gasteiger partial charge is 0.397 e. The number of benzene rings is 1. The quantitative estimate of drug-likeness (QED) is 0.821. The Labute approximate surface area is 111 Å². The molecule has 1 aromatic carbocycles. The summed E-state index contributed by atoms with van der Waals surface area (Å²) in [4.78, 5) is 0.113. The summed E-state index contributed by atoms with van der Waals surface area (Å²) in [5.41, 5.74) is 5.83. The van der Waals surface area contributed by atoms with Gasteiger partial charge >= 0.3 is 0 Å². The fourth-order valence-electron chi connectivity index (χ4n) is 1.78. The molecule has 1 aliphatic heterocycles. The molecule has 0 aromatic heterocycles. The monoisotopic (exact) mass is 290 g/mol. The average Bonchev–Trinajstić information content (AvgIpc) is 2.83. The zero-order valence-electron chi connectivity index (χ0n) is 9.73. The van der Waals surface area contributed by atoms with Gasteiger partial charge in [0, 0.05) is 13.2 Å². The number of hydrogen-bond donors (Lipinski definition) is 2. The van der Waals surface area contributed by atoms with Gasteiger partial charge in [0.25, 0.3) is 0 Å². The third-order valence-corrected chi connectivity index (χ3v) is 4.57. The Morgan fingerprint density at radius 1 is 1.50 bits per heavy atom. The summed E-state index contributed by atoms with van der Waals surface area (Å²) < 4.78 is 31.8. The second kappa shape index (κ2) is 5.44. The molecule has 0 radical (unpaired) electrons. The maximum Gasteiger partial charge on any atom is 0.240 e. The molecule has 0 spiro atoms. The zero-order chi connectivity index (χ0) is 13.2. The molecule has 0 aliphatic carbocycles. The first kappa shape index (κ1) is 13.6. The molecule has 1 fully saturated rings. The van der Waals surface area contributed by atoms with E-state index < -0.39 is 10.0 Å². The Balaban J connectivity index is 2.07. The second-order valence-electron chi connectivity index (χ2n) is 4.17. The van der Waals surface area contributed by atoms with E-state index in [4.69, 9.17) is 22.1 Å². The van der Waals surface area contributed by atoms with E-state index in [1.165, 1.54) is 18.2 Å². The number of halogens is 1. The first-order chi connectivity index (χ1) is 8.49. The molecule has 3 N–H and O–H groups in total. The van der Waals surface area contributed by atoms with Crippen LogP contribution in [0.3, 0.4) is 0 Å². The highest BCUT2D eigenvalue weighted by molar-refractivity contribution is 7.89. The highest BCUT2D eigenvalue weighted by atomic mass is 35.5. The van der Waals surface area contributed by atoms with Crippen LogP contribution in [0, 0.1) is 0 Å². The predicted octanol–water partition coefficient (Wildman–Crippen LogP) is 1.38. The number of sulfonamides is 1. The van der Waals surface area contributed by atoms with Gasteiger partial charge in [-0.3, -0.25) is 0 Å². The van der Waals surface area contributed by atoms with Gasteiger partial charge in [-0.15, -0.1) is 0 Å². The second-order valence-corrected chi connectivity index (χ2v) is 6.34. The van der Waals surface area contributed by atoms with Crippen molar-refractivity contribution in [2.24, 2.45) is 0 Å². The third kappa shape index (κ3) is 3.14. The average molecular weight is 291 g/mol. The van der Waals surface area contributed by atoms with Crippen molar-refractivity contribution in [3.8, 4) is 0 Å². The van der Waals surface area contributed by atoms with Crippen molar-refractivity contribution in [3.05, 3.63) is 23.2 Å². The molecule has 1 aliphatic rings. The summed E-state index contributed by atoms with van der Waals surface area (Å²) in [5.74, 6) is 0. The summed E-state index contributed by atoms with van der Waals surface area (Å²) in [6.45, 7) is 0.977. The van der Waals surface area contributed by atoms with Crippen molar-refractivity contribution < 1.29 is 13.2 Å². The number of ether oxygens (including phenoxy) is 1. The lowest BCUT2D eigenvalue weighted by molar-refractivity contribution is 0.114. The van der Waals surface area contributed by atoms with Crippen LogP contribution in [0.2, 0.25) is 5.02 Å². The number of nitrogen functional groups attached to an aromatic ring is 1. The number of rotatable bonds is 4. The highest BCUT2D eigenvalue weighted by Gasteiger charge is 2.20. The van der Waals surface area contributed by atoms with Crippen molar-refractivity contribution in [3.63, 3.8) is 0 Å². The molecule has 7 heteroatoms. The SMILES string of the molecule is Nc1cc(S(=O)(=O)NC[C@@H]2CCCO2)ccc1Cl. The van der Waals surface area contributed by atoms with Crippen molar-refractivity contribution in [1.82, 2.24) is 4.72 Å². The van der Waals surface area contributed by atoms with Crippen LogP contribution in [-0.2, 0) is 14.8 Å². The van der Waals surface area contributed by atoms with Gasteiger partial charge in [-0.1, -0.05) is 11.6 Å². The van der Waals surface area contributed by atoms with Gasteiger partial charge in [-0.2, -0.15) is 0 Å². The standard InChI is InChI=1S/C11H15ClN2O3S/c12-10-4-3-9(6-11(10)13)18(15,16)14-7-8-2-1-5-17-8/h3-4,6,8,14H,1-2,5,7,13H2/t8-/m0/s1. The van der Waals surface area contributed by atoms with Crippen LogP contribution in [0.4, 0.5) is 5.69 Å². The molecule has 2 rings (SSSR count). The van der Waals surface area contributed by atoms with Crippen LogP contribution in [0.1, 0.15) is 12.8 Å². The van der Waals surface area contributed by atoms with Crippen molar-refractivity contribution in [2.75, 3.05) is 18.9 Å². The molecular formula is C11H15ClN2O3S. The lowest BCUT2D eigenvalue weighted by Gasteiger charge is -2.11. The molecule has 100 valence electrons. The van der Waals surface area contributed by atoms with Gasteiger partial charge in [0.1, 0.15) is 0 Å². The molecule has 1 aromatic rings. The maximum atomic E-state index is 12.0. The molecule has 0 saturated carbocycles. The molecule has 0 amide bonds. The fourth-order valence-corrected chi connectivity index (χ4v) is 3.00. The Hall–Kier alpha value is -0.820. The Morgan fingerprint density at radius 3 is 2.89 bits per heavy atom. The molecule has 5 nitrogen and oxygen atoms in total. The van der Waals surface area contributed by atoms with E-state index >= 15 is 0 Å². The van der Waals surface area contributed by atoms with E-state index in [2.05, 4.69) is 4.72 Å². The molecule has 0 bridgehead atoms. The van der Waals surface area contributed by atoms with Gasteiger partial charge in [0.2, 0.25) is 10.0 Å². The van der Waals surface area contributed by atoms with Gasteiger partial charge in [-0.05, 0) is 31.0 Å². The van der Waals surface area contributed by atoms with Crippen LogP contribution in [0.25, 0.3) is 0 Å². The van der Waals surface area contributed by atoms with Crippen molar-refractivity contribution in [1.29, 1.82) is 0 Å². The van der Waals surface area contributed by atoms with E-state index in [-0.39, 0.29) is 23.2 Å². The van der Waals surface area contributed by atoms with Gasteiger partial charge < -0.3 is 10.5 Å². The summed E-state index contributed by atoms with van der Waals surface area (Å²) in [7, 11) is -3.56. The van der Waals surface area contributed by atoms with Gasteiger partial charge in [0.15, 0.2) is 0 Å². The zero-order valence-corrected chi connectivity index (χ0v) is 11.3. The van der Waals surface area contributed by atoms with Crippen LogP contribution >= 0.6 is 11.6 Å². The minimum Gasteiger partial charge on any atom is -0.397 e. The number of nitrogens with two attached hydrogens (primary N) is 1. The fraction of sp³-hybridized carbons (Fsp3) is 0.455. The summed E-state index contributed by atoms with van der Waals surface area (Å²) >= 11 is 5.75. The first-order valence-corrected chi connectivity index (χ1v) is 7.51. The topological polar surface area (TPSA) is 81.4 Å². The molecule has 1 saturated heterocycles. The summed E-state index contributed by atoms with van der Waals surface area (Å²) in [6, 6.07) is 4.24. The lowest BCUT2D eigenvalue weighted by atomic mass is 10.2. The lowest BCUT2D eigenvalue weighted by Crippen LogP contribution is -2.31. The number of anilines is 1. The van der Waals surface area contributed by atoms with E-state index in [0.717, 1.165) is 12.8 Å². The van der Waals surface area contributed by atoms with Crippen LogP contribution < -0.4 is 10.5 Å². The van der Waals surface area contributed by atoms with E-state index in [0.29, 0.717) is 11.6 Å². The minimum absolute atomic E-state index is 0.0376. The molecular weight excluding hydrogens is 276 g/mol. The highest BCUT2D eigenvalue weighted by Crippen LogP contribution is 2.22. The minimum atomic E-state index is -3.56. The number of nitrogens with one attached hydrogen (secondary N) is 1. The smallest absolute Gasteiger partial charge is 0.240 e. The van der Waals surface area contributed by atoms with E-state index in [1.54, 1.807) is 0 Å². The molecule has 1 heterocycles. The third-order valence-electron chi connectivity index (χ3n) is 2.80. The Morgan fingerprint density at radius 2 is 2.28 bits per heavy atom. The van der Waals surface area contributed by atoms with Crippen LogP contribution in [-0.4, -0.2) is 27.7 Å². The predicted molar refractivity (Wildman–Crippen MR) is 70.0 cm³/mol. The van der Waals surface area contributed by atoms with Crippen molar-refractivity contribution >= 4 is 27.3 Å².